The van der Waals surface area contributed by atoms with Crippen LogP contribution in [0.1, 0.15) is 11.7 Å². The summed E-state index contributed by atoms with van der Waals surface area (Å²) in [7, 11) is 1.34. The van der Waals surface area contributed by atoms with Gasteiger partial charge in [0.25, 0.3) is 0 Å². The molecule has 78 valence electrons. The Hall–Kier alpha value is -0.750. The second-order valence-corrected chi connectivity index (χ2v) is 2.67. The molecule has 0 aliphatic carbocycles. The number of carboxylic acids is 1. The molecule has 6 heteroatoms. The Labute approximate surface area is 109 Å². The van der Waals surface area contributed by atoms with E-state index in [0.29, 0.717) is 0 Å². The fraction of sp³-hybridized carbons (Fsp3) is 0.222. The number of aliphatic hydroxyl groups is 1. The molecule has 0 aliphatic rings. The fourth-order valence-electron chi connectivity index (χ4n) is 1.01. The van der Waals surface area contributed by atoms with Crippen LogP contribution in [0.15, 0.2) is 18.2 Å². The van der Waals surface area contributed by atoms with E-state index in [0.717, 1.165) is 0 Å². The van der Waals surface area contributed by atoms with Crippen molar-refractivity contribution < 1.29 is 24.9 Å². The van der Waals surface area contributed by atoms with Crippen molar-refractivity contribution in [3.05, 3.63) is 23.8 Å². The third-order valence-corrected chi connectivity index (χ3v) is 1.75. The van der Waals surface area contributed by atoms with Crippen molar-refractivity contribution in [1.29, 1.82) is 0 Å². The Morgan fingerprint density at radius 1 is 1.47 bits per heavy atom. The first-order valence-corrected chi connectivity index (χ1v) is 3.84. The average Bonchev–Trinajstić information content (AvgIpc) is 2.17. The van der Waals surface area contributed by atoms with Crippen LogP contribution in [0, 0.1) is 0 Å². The van der Waals surface area contributed by atoms with Gasteiger partial charge < -0.3 is 20.1 Å². The number of aromatic hydroxyl groups is 1. The number of phenols is 1. The molecule has 0 amide bonds. The predicted molar refractivity (Wildman–Crippen MR) is 54.4 cm³/mol. The molecule has 0 aromatic heterocycles. The molecule has 0 fully saturated rings. The van der Waals surface area contributed by atoms with Gasteiger partial charge in [-0.2, -0.15) is 0 Å². The third kappa shape index (κ3) is 3.39. The van der Waals surface area contributed by atoms with Crippen LogP contribution in [0.3, 0.4) is 0 Å². The monoisotopic (exact) mass is 222 g/mol. The van der Waals surface area contributed by atoms with E-state index >= 15 is 0 Å². The summed E-state index contributed by atoms with van der Waals surface area (Å²) in [6.07, 6.45) is -1.61. The van der Waals surface area contributed by atoms with Gasteiger partial charge in [-0.05, 0) is 17.7 Å². The van der Waals surface area contributed by atoms with E-state index in [1.54, 1.807) is 0 Å². The quantitative estimate of drug-likeness (QED) is 0.620. The summed E-state index contributed by atoms with van der Waals surface area (Å²) in [5.41, 5.74) is 0.159. The number of benzene rings is 1. The second-order valence-electron chi connectivity index (χ2n) is 2.67. The van der Waals surface area contributed by atoms with Crippen LogP contribution >= 0.6 is 0 Å². The van der Waals surface area contributed by atoms with Gasteiger partial charge in [0.1, 0.15) is 0 Å². The van der Waals surface area contributed by atoms with Crippen molar-refractivity contribution in [2.24, 2.45) is 0 Å². The van der Waals surface area contributed by atoms with Crippen molar-refractivity contribution in [2.75, 3.05) is 7.11 Å². The van der Waals surface area contributed by atoms with Crippen LogP contribution in [0.25, 0.3) is 0 Å². The molecule has 1 unspecified atom stereocenters. The molecule has 0 spiro atoms. The molecule has 0 radical (unpaired) electrons. The first-order valence-electron chi connectivity index (χ1n) is 3.84. The van der Waals surface area contributed by atoms with Gasteiger partial charge in [0, 0.05) is 0 Å². The average molecular weight is 222 g/mol. The molecule has 0 aliphatic heterocycles. The number of methoxy groups -OCH3 is 1. The van der Waals surface area contributed by atoms with E-state index in [9.17, 15) is 15.0 Å². The molecule has 0 bridgehead atoms. The zero-order valence-corrected chi connectivity index (χ0v) is 7.47. The normalized spacial score (nSPS) is 11.3. The number of phenolic OH excluding ortho intramolecular Hbond substituents is 1. The number of hydrogen-bond acceptors (Lipinski definition) is 4. The molecular weight excluding hydrogens is 211 g/mol. The minimum atomic E-state index is -1.61. The molecule has 3 N–H and O–H groups in total. The summed E-state index contributed by atoms with van der Waals surface area (Å²) in [6.45, 7) is 0. The van der Waals surface area contributed by atoms with Gasteiger partial charge in [-0.3, -0.25) is 0 Å². The molecule has 0 saturated carbocycles. The third-order valence-electron chi connectivity index (χ3n) is 1.75. The minimum absolute atomic E-state index is 0. The van der Waals surface area contributed by atoms with Gasteiger partial charge >= 0.3 is 35.5 Å². The van der Waals surface area contributed by atoms with E-state index < -0.39 is 12.1 Å². The van der Waals surface area contributed by atoms with Gasteiger partial charge in [-0.1, -0.05) is 6.07 Å². The molecular formula is C9H11NaO5. The summed E-state index contributed by atoms with van der Waals surface area (Å²) >= 11 is 0. The standard InChI is InChI=1S/C9H10O5.Na.H/c1-14-7-4-5(2-3-6(7)10)8(11)9(12)13;;/h2-4,8,10-11H,1H3,(H,12,13);;. The Morgan fingerprint density at radius 2 is 2.07 bits per heavy atom. The Bertz CT molecular complexity index is 352. The van der Waals surface area contributed by atoms with Gasteiger partial charge in [-0.15, -0.1) is 0 Å². The number of rotatable bonds is 3. The Balaban J connectivity index is 0.00000196. The number of aliphatic hydroxyl groups excluding tert-OH is 1. The summed E-state index contributed by atoms with van der Waals surface area (Å²) in [5, 5.41) is 26.9. The zero-order valence-electron chi connectivity index (χ0n) is 7.47. The maximum atomic E-state index is 10.4. The van der Waals surface area contributed by atoms with Crippen molar-refractivity contribution >= 4 is 35.5 Å². The van der Waals surface area contributed by atoms with E-state index in [-0.39, 0.29) is 46.6 Å². The van der Waals surface area contributed by atoms with Crippen LogP contribution in [0.5, 0.6) is 11.5 Å². The van der Waals surface area contributed by atoms with Crippen molar-refractivity contribution in [3.8, 4) is 11.5 Å². The number of carboxylic acid groups (broad SMARTS) is 1. The summed E-state index contributed by atoms with van der Waals surface area (Å²) in [5.74, 6) is -1.32. The summed E-state index contributed by atoms with van der Waals surface area (Å²) in [4.78, 5) is 10.4. The van der Waals surface area contributed by atoms with Gasteiger partial charge in [0.2, 0.25) is 0 Å². The number of carbonyl (C=O) groups is 1. The van der Waals surface area contributed by atoms with Crippen LogP contribution in [-0.2, 0) is 4.79 Å². The predicted octanol–water partition coefficient (Wildman–Crippen LogP) is -0.130. The first-order chi connectivity index (χ1) is 6.56. The van der Waals surface area contributed by atoms with Crippen LogP contribution in [-0.4, -0.2) is 58.0 Å². The molecule has 1 aromatic rings. The van der Waals surface area contributed by atoms with Crippen LogP contribution in [0.4, 0.5) is 0 Å². The topological polar surface area (TPSA) is 87.0 Å². The first kappa shape index (κ1) is 14.2. The van der Waals surface area contributed by atoms with Crippen molar-refractivity contribution in [1.82, 2.24) is 0 Å². The van der Waals surface area contributed by atoms with Crippen LogP contribution < -0.4 is 4.74 Å². The van der Waals surface area contributed by atoms with Crippen LogP contribution in [0.2, 0.25) is 0 Å². The summed E-state index contributed by atoms with van der Waals surface area (Å²) in [6, 6.07) is 3.85. The molecule has 15 heavy (non-hydrogen) atoms. The Morgan fingerprint density at radius 3 is 2.53 bits per heavy atom. The molecule has 1 atom stereocenters. The van der Waals surface area contributed by atoms with E-state index in [4.69, 9.17) is 9.84 Å². The summed E-state index contributed by atoms with van der Waals surface area (Å²) < 4.78 is 4.76. The van der Waals surface area contributed by atoms with Gasteiger partial charge in [0.05, 0.1) is 7.11 Å². The molecule has 0 saturated heterocycles. The van der Waals surface area contributed by atoms with Crippen molar-refractivity contribution in [2.45, 2.75) is 6.10 Å². The molecule has 1 aromatic carbocycles. The molecule has 1 rings (SSSR count). The van der Waals surface area contributed by atoms with E-state index in [1.165, 1.54) is 25.3 Å². The zero-order chi connectivity index (χ0) is 10.7. The van der Waals surface area contributed by atoms with Gasteiger partial charge in [0.15, 0.2) is 17.6 Å². The fourth-order valence-corrected chi connectivity index (χ4v) is 1.01. The van der Waals surface area contributed by atoms with E-state index in [1.807, 2.05) is 0 Å². The van der Waals surface area contributed by atoms with E-state index in [2.05, 4.69) is 0 Å². The Kier molecular flexibility index (Phi) is 5.67. The second kappa shape index (κ2) is 5.97. The maximum absolute atomic E-state index is 10.4. The SMILES string of the molecule is COc1cc(C(O)C(=O)O)ccc1O.[NaH]. The number of hydrogen-bond donors (Lipinski definition) is 3. The molecule has 0 heterocycles. The van der Waals surface area contributed by atoms with Crippen molar-refractivity contribution in [3.63, 3.8) is 0 Å². The molecule has 5 nitrogen and oxygen atoms in total. The van der Waals surface area contributed by atoms with Gasteiger partial charge in [-0.25, -0.2) is 4.79 Å². The number of aliphatic carboxylic acids is 1. The number of ether oxygens (including phenoxy) is 1.